The van der Waals surface area contributed by atoms with E-state index in [2.05, 4.69) is 17.6 Å². The number of methoxy groups -OCH3 is 1. The fourth-order valence-corrected chi connectivity index (χ4v) is 2.36. The third-order valence-corrected chi connectivity index (χ3v) is 3.94. The van der Waals surface area contributed by atoms with E-state index in [1.165, 1.54) is 5.56 Å². The second kappa shape index (κ2) is 9.58. The minimum absolute atomic E-state index is 0.386. The molecule has 0 saturated heterocycles. The molecule has 0 aliphatic carbocycles. The maximum atomic E-state index is 5.80. The molecule has 0 amide bonds. The number of ether oxygens (including phenoxy) is 2. The molecule has 0 saturated carbocycles. The zero-order valence-electron chi connectivity index (χ0n) is 14.8. The van der Waals surface area contributed by atoms with Crippen LogP contribution in [-0.4, -0.2) is 12.1 Å². The molecule has 136 valence electrons. The van der Waals surface area contributed by atoms with E-state index in [-0.39, 0.29) is 0 Å². The molecule has 0 unspecified atom stereocenters. The summed E-state index contributed by atoms with van der Waals surface area (Å²) in [6.07, 6.45) is 1.62. The van der Waals surface area contributed by atoms with Gasteiger partial charge in [0.05, 0.1) is 7.11 Å². The van der Waals surface area contributed by atoms with Crippen LogP contribution in [0.15, 0.2) is 65.7 Å². The topological polar surface area (TPSA) is 83.4 Å². The molecule has 0 bridgehead atoms. The summed E-state index contributed by atoms with van der Waals surface area (Å²) < 4.78 is 10.6. The van der Waals surface area contributed by atoms with Crippen LogP contribution in [0.4, 0.5) is 11.5 Å². The largest absolute Gasteiger partial charge is 0.496 e. The Hall–Kier alpha value is -2.86. The molecule has 0 spiro atoms. The molecular formula is C20H23N3O2S. The Morgan fingerprint density at radius 2 is 1.77 bits per heavy atom. The third kappa shape index (κ3) is 5.60. The van der Waals surface area contributed by atoms with E-state index in [1.54, 1.807) is 25.4 Å². The number of aryl methyl sites for hydroxylation is 1. The van der Waals surface area contributed by atoms with Gasteiger partial charge in [-0.1, -0.05) is 24.3 Å². The number of hydrogen-bond acceptors (Lipinski definition) is 6. The van der Waals surface area contributed by atoms with Crippen molar-refractivity contribution in [1.82, 2.24) is 4.98 Å². The Balaban J connectivity index is 0.000000209. The van der Waals surface area contributed by atoms with Gasteiger partial charge in [-0.2, -0.15) is 0 Å². The zero-order chi connectivity index (χ0) is 18.9. The van der Waals surface area contributed by atoms with Crippen molar-refractivity contribution >= 4 is 24.1 Å². The Morgan fingerprint density at radius 3 is 2.42 bits per heavy atom. The number of para-hydroxylation sites is 1. The van der Waals surface area contributed by atoms with Crippen LogP contribution in [0.5, 0.6) is 11.5 Å². The maximum absolute atomic E-state index is 5.80. The van der Waals surface area contributed by atoms with Gasteiger partial charge >= 0.3 is 0 Å². The fraction of sp³-hybridized carbons (Fsp3) is 0.150. The Bertz CT molecular complexity index is 810. The van der Waals surface area contributed by atoms with Gasteiger partial charge in [0, 0.05) is 22.3 Å². The molecule has 4 N–H and O–H groups in total. The smallest absolute Gasteiger partial charge is 0.166 e. The predicted molar refractivity (Wildman–Crippen MR) is 109 cm³/mol. The number of hydrogen-bond donors (Lipinski definition) is 3. The molecule has 1 aromatic heterocycles. The maximum Gasteiger partial charge on any atom is 0.166 e. The van der Waals surface area contributed by atoms with Crippen molar-refractivity contribution in [3.8, 4) is 11.5 Å². The normalized spacial score (nSPS) is 9.81. The van der Waals surface area contributed by atoms with Gasteiger partial charge in [-0.25, -0.2) is 4.98 Å². The first-order valence-electron chi connectivity index (χ1n) is 8.01. The van der Waals surface area contributed by atoms with Crippen LogP contribution >= 0.6 is 12.6 Å². The first kappa shape index (κ1) is 19.5. The molecule has 5 nitrogen and oxygen atoms in total. The van der Waals surface area contributed by atoms with E-state index < -0.39 is 0 Å². The van der Waals surface area contributed by atoms with Crippen LogP contribution in [0.25, 0.3) is 0 Å². The van der Waals surface area contributed by atoms with Gasteiger partial charge in [-0.05, 0) is 42.8 Å². The highest BCUT2D eigenvalue weighted by Gasteiger charge is 2.02. The van der Waals surface area contributed by atoms with Gasteiger partial charge in [0.25, 0.3) is 0 Å². The first-order valence-corrected chi connectivity index (χ1v) is 8.46. The molecule has 0 aliphatic rings. The lowest BCUT2D eigenvalue weighted by Gasteiger charge is -2.09. The molecule has 3 aromatic rings. The summed E-state index contributed by atoms with van der Waals surface area (Å²) in [5.74, 6) is 1.80. The number of anilines is 2. The monoisotopic (exact) mass is 369 g/mol. The molecule has 3 rings (SSSR count). The number of benzene rings is 2. The standard InChI is InChI=1S/C12H13N3O.C8H10OS/c13-10-5-2-1-4-9(10)8-16-11-6-3-7-15-12(11)14;1-6-3-4-8(10)7(5-6)9-2/h1-7H,8,13H2,(H2,14,15);3-5,10H,1-2H3. The van der Waals surface area contributed by atoms with Crippen molar-refractivity contribution < 1.29 is 9.47 Å². The molecule has 0 radical (unpaired) electrons. The Morgan fingerprint density at radius 1 is 1.00 bits per heavy atom. The van der Waals surface area contributed by atoms with Gasteiger partial charge in [-0.3, -0.25) is 0 Å². The summed E-state index contributed by atoms with van der Waals surface area (Å²) in [6.45, 7) is 2.41. The van der Waals surface area contributed by atoms with Gasteiger partial charge in [0.1, 0.15) is 12.4 Å². The van der Waals surface area contributed by atoms with Crippen molar-refractivity contribution in [2.75, 3.05) is 18.6 Å². The minimum Gasteiger partial charge on any atom is -0.496 e. The van der Waals surface area contributed by atoms with Crippen LogP contribution in [0.3, 0.4) is 0 Å². The predicted octanol–water partition coefficient (Wildman–Crippen LogP) is 4.12. The van der Waals surface area contributed by atoms with Crippen molar-refractivity contribution in [3.63, 3.8) is 0 Å². The van der Waals surface area contributed by atoms with Gasteiger partial charge in [0.2, 0.25) is 0 Å². The van der Waals surface area contributed by atoms with Crippen LogP contribution in [0, 0.1) is 6.92 Å². The van der Waals surface area contributed by atoms with Crippen molar-refractivity contribution in [3.05, 3.63) is 71.9 Å². The van der Waals surface area contributed by atoms with E-state index in [0.717, 1.165) is 16.2 Å². The Labute approximate surface area is 159 Å². The van der Waals surface area contributed by atoms with Crippen LogP contribution in [0.2, 0.25) is 0 Å². The first-order chi connectivity index (χ1) is 12.5. The average Bonchev–Trinajstić information content (AvgIpc) is 2.65. The number of pyridine rings is 1. The third-order valence-electron chi connectivity index (χ3n) is 3.57. The highest BCUT2D eigenvalue weighted by molar-refractivity contribution is 7.80. The number of nitrogens with zero attached hydrogens (tertiary/aromatic N) is 1. The minimum atomic E-state index is 0.386. The van der Waals surface area contributed by atoms with E-state index in [0.29, 0.717) is 23.9 Å². The molecule has 0 fully saturated rings. The summed E-state index contributed by atoms with van der Waals surface area (Å²) in [6, 6.07) is 17.0. The average molecular weight is 369 g/mol. The summed E-state index contributed by atoms with van der Waals surface area (Å²) in [7, 11) is 1.65. The van der Waals surface area contributed by atoms with Crippen molar-refractivity contribution in [2.45, 2.75) is 18.4 Å². The highest BCUT2D eigenvalue weighted by atomic mass is 32.1. The van der Waals surface area contributed by atoms with Crippen molar-refractivity contribution in [1.29, 1.82) is 0 Å². The zero-order valence-corrected chi connectivity index (χ0v) is 15.7. The summed E-state index contributed by atoms with van der Waals surface area (Å²) in [5.41, 5.74) is 14.3. The van der Waals surface area contributed by atoms with Crippen molar-refractivity contribution in [2.24, 2.45) is 0 Å². The van der Waals surface area contributed by atoms with Crippen LogP contribution in [0.1, 0.15) is 11.1 Å². The second-order valence-electron chi connectivity index (χ2n) is 5.55. The lowest BCUT2D eigenvalue weighted by Crippen LogP contribution is -2.02. The van der Waals surface area contributed by atoms with Crippen LogP contribution in [-0.2, 0) is 6.61 Å². The van der Waals surface area contributed by atoms with E-state index in [9.17, 15) is 0 Å². The highest BCUT2D eigenvalue weighted by Crippen LogP contribution is 2.22. The molecule has 6 heteroatoms. The molecule has 1 heterocycles. The molecular weight excluding hydrogens is 346 g/mol. The second-order valence-corrected chi connectivity index (χ2v) is 6.03. The lowest BCUT2D eigenvalue weighted by atomic mass is 10.2. The number of nitrogen functional groups attached to an aromatic ring is 2. The van der Waals surface area contributed by atoms with Gasteiger partial charge in [-0.15, -0.1) is 12.6 Å². The number of thiol groups is 1. The summed E-state index contributed by atoms with van der Waals surface area (Å²) >= 11 is 4.20. The number of aromatic nitrogens is 1. The molecule has 26 heavy (non-hydrogen) atoms. The van der Waals surface area contributed by atoms with E-state index >= 15 is 0 Å². The molecule has 0 atom stereocenters. The Kier molecular flexibility index (Phi) is 7.17. The summed E-state index contributed by atoms with van der Waals surface area (Å²) in [4.78, 5) is 4.82. The van der Waals surface area contributed by atoms with E-state index in [4.69, 9.17) is 20.9 Å². The fourth-order valence-electron chi connectivity index (χ4n) is 2.13. The molecule has 2 aromatic carbocycles. The van der Waals surface area contributed by atoms with E-state index in [1.807, 2.05) is 49.4 Å². The quantitative estimate of drug-likeness (QED) is 0.476. The SMILES string of the molecule is COc1cc(C)ccc1S.Nc1ccccc1COc1cccnc1N. The van der Waals surface area contributed by atoms with Crippen LogP contribution < -0.4 is 20.9 Å². The number of rotatable bonds is 4. The summed E-state index contributed by atoms with van der Waals surface area (Å²) in [5, 5.41) is 0. The lowest BCUT2D eigenvalue weighted by molar-refractivity contribution is 0.307. The molecule has 0 aliphatic heterocycles. The number of nitrogens with two attached hydrogens (primary N) is 2. The van der Waals surface area contributed by atoms with Gasteiger partial charge in [0.15, 0.2) is 11.6 Å². The van der Waals surface area contributed by atoms with Gasteiger partial charge < -0.3 is 20.9 Å².